The second-order valence-corrected chi connectivity index (χ2v) is 7.25. The third kappa shape index (κ3) is 6.01. The van der Waals surface area contributed by atoms with E-state index < -0.39 is 35.9 Å². The van der Waals surface area contributed by atoms with Gasteiger partial charge in [-0.2, -0.15) is 0 Å². The number of amides is 2. The van der Waals surface area contributed by atoms with E-state index in [1.165, 1.54) is 0 Å². The Kier molecular flexibility index (Phi) is 7.86. The normalized spacial score (nSPS) is 11.5. The minimum absolute atomic E-state index is 0.119. The highest BCUT2D eigenvalue weighted by molar-refractivity contribution is 6.44. The van der Waals surface area contributed by atoms with Crippen molar-refractivity contribution in [2.45, 2.75) is 33.1 Å². The van der Waals surface area contributed by atoms with Crippen LogP contribution in [0.25, 0.3) is 0 Å². The van der Waals surface area contributed by atoms with E-state index in [0.717, 1.165) is 18.2 Å². The lowest BCUT2D eigenvalue weighted by Gasteiger charge is -2.16. The zero-order valence-electron chi connectivity index (χ0n) is 17.5. The Bertz CT molecular complexity index is 935. The van der Waals surface area contributed by atoms with Gasteiger partial charge < -0.3 is 15.4 Å². The number of nitrogens with one attached hydrogen (secondary N) is 2. The molecule has 0 radical (unpaired) electrons. The van der Waals surface area contributed by atoms with Gasteiger partial charge in [-0.05, 0) is 36.6 Å². The number of methoxy groups -OCH3 is 1. The molecule has 0 unspecified atom stereocenters. The maximum absolute atomic E-state index is 12.7. The van der Waals surface area contributed by atoms with Crippen LogP contribution >= 0.6 is 0 Å². The number of benzene rings is 2. The molecule has 2 amide bonds. The summed E-state index contributed by atoms with van der Waals surface area (Å²) in [5, 5.41) is 5.17. The van der Waals surface area contributed by atoms with Gasteiger partial charge in [0.1, 0.15) is 5.92 Å². The Hall–Kier alpha value is -3.48. The summed E-state index contributed by atoms with van der Waals surface area (Å²) in [6, 6.07) is 14.1. The Morgan fingerprint density at radius 2 is 1.57 bits per heavy atom. The van der Waals surface area contributed by atoms with E-state index in [-0.39, 0.29) is 5.92 Å². The van der Waals surface area contributed by atoms with E-state index in [0.29, 0.717) is 11.4 Å². The average molecular weight is 410 g/mol. The quantitative estimate of drug-likeness (QED) is 0.394. The molecule has 0 bridgehead atoms. The first-order valence-corrected chi connectivity index (χ1v) is 9.61. The molecule has 0 fully saturated rings. The minimum atomic E-state index is -1.54. The summed E-state index contributed by atoms with van der Waals surface area (Å²) < 4.78 is 4.64. The molecule has 0 aliphatic rings. The molecule has 2 rings (SSSR count). The number of Topliss-reactive ketones (excluding diaryl/α,β-unsaturated/α-hetero) is 1. The van der Waals surface area contributed by atoms with Gasteiger partial charge in [-0.15, -0.1) is 0 Å². The topological polar surface area (TPSA) is 102 Å². The number of ether oxygens (including phenoxy) is 1. The molecule has 0 saturated carbocycles. The van der Waals surface area contributed by atoms with Crippen molar-refractivity contribution in [2.75, 3.05) is 17.7 Å². The first kappa shape index (κ1) is 22.8. The van der Waals surface area contributed by atoms with E-state index in [2.05, 4.69) is 15.4 Å². The van der Waals surface area contributed by atoms with Crippen molar-refractivity contribution in [2.24, 2.45) is 5.92 Å². The largest absolute Gasteiger partial charge is 0.468 e. The Morgan fingerprint density at radius 3 is 2.17 bits per heavy atom. The molecule has 2 aromatic rings. The van der Waals surface area contributed by atoms with Crippen molar-refractivity contribution in [3.05, 3.63) is 59.7 Å². The fraction of sp³-hybridized carbons (Fsp3) is 0.304. The standard InChI is InChI=1S/C23H26N2O5/c1-14(2)17-7-5-6-8-19(17)25-22(28)21(27)18(23(29)30-4)13-20(26)24-16-11-9-15(3)10-12-16/h5-12,14,18H,13H2,1-4H3,(H,24,26)(H,25,28)/t18-/m1/s1. The SMILES string of the molecule is COC(=O)[C@H](CC(=O)Nc1ccc(C)cc1)C(=O)C(=O)Nc1ccccc1C(C)C. The molecular formula is C23H26N2O5. The molecule has 7 nitrogen and oxygen atoms in total. The lowest BCUT2D eigenvalue weighted by Crippen LogP contribution is -2.37. The van der Waals surface area contributed by atoms with E-state index in [1.807, 2.05) is 45.0 Å². The number of carbonyl (C=O) groups excluding carboxylic acids is 4. The van der Waals surface area contributed by atoms with Crippen molar-refractivity contribution < 1.29 is 23.9 Å². The fourth-order valence-electron chi connectivity index (χ4n) is 2.92. The van der Waals surface area contributed by atoms with Crippen LogP contribution in [0.15, 0.2) is 48.5 Å². The van der Waals surface area contributed by atoms with Gasteiger partial charge in [0.25, 0.3) is 5.91 Å². The number of ketones is 1. The van der Waals surface area contributed by atoms with E-state index in [4.69, 9.17) is 0 Å². The molecule has 0 aliphatic carbocycles. The summed E-state index contributed by atoms with van der Waals surface area (Å²) in [6.45, 7) is 5.83. The summed E-state index contributed by atoms with van der Waals surface area (Å²) in [4.78, 5) is 49.7. The number of hydrogen-bond acceptors (Lipinski definition) is 5. The van der Waals surface area contributed by atoms with E-state index in [1.54, 1.807) is 24.3 Å². The molecule has 2 N–H and O–H groups in total. The molecule has 158 valence electrons. The predicted molar refractivity (Wildman–Crippen MR) is 114 cm³/mol. The Labute approximate surface area is 175 Å². The number of hydrogen-bond donors (Lipinski definition) is 2. The summed E-state index contributed by atoms with van der Waals surface area (Å²) in [5.41, 5.74) is 2.88. The average Bonchev–Trinajstić information content (AvgIpc) is 2.72. The van der Waals surface area contributed by atoms with Gasteiger partial charge >= 0.3 is 5.97 Å². The number of esters is 1. The van der Waals surface area contributed by atoms with Crippen molar-refractivity contribution >= 4 is 34.9 Å². The summed E-state index contributed by atoms with van der Waals surface area (Å²) in [6.07, 6.45) is -0.501. The molecule has 0 saturated heterocycles. The molecule has 0 aliphatic heterocycles. The van der Waals surface area contributed by atoms with Gasteiger partial charge in [-0.3, -0.25) is 19.2 Å². The van der Waals surface area contributed by atoms with Crippen molar-refractivity contribution in [1.29, 1.82) is 0 Å². The van der Waals surface area contributed by atoms with Gasteiger partial charge in [0.15, 0.2) is 0 Å². The van der Waals surface area contributed by atoms with Crippen molar-refractivity contribution in [1.82, 2.24) is 0 Å². The van der Waals surface area contributed by atoms with Gasteiger partial charge in [0.2, 0.25) is 11.7 Å². The van der Waals surface area contributed by atoms with E-state index >= 15 is 0 Å². The highest BCUT2D eigenvalue weighted by Gasteiger charge is 2.35. The monoisotopic (exact) mass is 410 g/mol. The smallest absolute Gasteiger partial charge is 0.317 e. The van der Waals surface area contributed by atoms with Gasteiger partial charge in [-0.1, -0.05) is 49.7 Å². The molecular weight excluding hydrogens is 384 g/mol. The van der Waals surface area contributed by atoms with Crippen LogP contribution < -0.4 is 10.6 Å². The first-order chi connectivity index (χ1) is 14.2. The molecule has 2 aromatic carbocycles. The molecule has 30 heavy (non-hydrogen) atoms. The zero-order valence-corrected chi connectivity index (χ0v) is 17.5. The number of rotatable bonds is 8. The number of carbonyl (C=O) groups is 4. The lowest BCUT2D eigenvalue weighted by atomic mass is 9.97. The predicted octanol–water partition coefficient (Wildman–Crippen LogP) is 3.44. The van der Waals surface area contributed by atoms with Crippen LogP contribution in [-0.4, -0.2) is 30.7 Å². The van der Waals surface area contributed by atoms with Crippen LogP contribution in [0.5, 0.6) is 0 Å². The first-order valence-electron chi connectivity index (χ1n) is 9.61. The second kappa shape index (κ2) is 10.3. The molecule has 0 heterocycles. The fourth-order valence-corrected chi connectivity index (χ4v) is 2.92. The van der Waals surface area contributed by atoms with Crippen LogP contribution in [0.1, 0.15) is 37.3 Å². The molecule has 1 atom stereocenters. The number of para-hydroxylation sites is 1. The van der Waals surface area contributed by atoms with Crippen LogP contribution in [-0.2, 0) is 23.9 Å². The maximum Gasteiger partial charge on any atom is 0.317 e. The van der Waals surface area contributed by atoms with Crippen LogP contribution in [0.4, 0.5) is 11.4 Å². The van der Waals surface area contributed by atoms with E-state index in [9.17, 15) is 19.2 Å². The molecule has 0 spiro atoms. The summed E-state index contributed by atoms with van der Waals surface area (Å²) >= 11 is 0. The van der Waals surface area contributed by atoms with Crippen LogP contribution in [0, 0.1) is 12.8 Å². The highest BCUT2D eigenvalue weighted by Crippen LogP contribution is 2.24. The lowest BCUT2D eigenvalue weighted by molar-refractivity contribution is -0.153. The van der Waals surface area contributed by atoms with Crippen LogP contribution in [0.2, 0.25) is 0 Å². The van der Waals surface area contributed by atoms with Gasteiger partial charge in [-0.25, -0.2) is 0 Å². The third-order valence-electron chi connectivity index (χ3n) is 4.58. The van der Waals surface area contributed by atoms with Crippen LogP contribution in [0.3, 0.4) is 0 Å². The summed E-state index contributed by atoms with van der Waals surface area (Å²) in [5.74, 6) is -4.93. The van der Waals surface area contributed by atoms with Gasteiger partial charge in [0.05, 0.1) is 7.11 Å². The van der Waals surface area contributed by atoms with Crippen molar-refractivity contribution in [3.63, 3.8) is 0 Å². The Balaban J connectivity index is 2.13. The number of aryl methyl sites for hydroxylation is 1. The third-order valence-corrected chi connectivity index (χ3v) is 4.58. The summed E-state index contributed by atoms with van der Waals surface area (Å²) in [7, 11) is 1.10. The zero-order chi connectivity index (χ0) is 22.3. The molecule has 0 aromatic heterocycles. The number of anilines is 2. The molecule has 7 heteroatoms. The minimum Gasteiger partial charge on any atom is -0.468 e. The van der Waals surface area contributed by atoms with Crippen molar-refractivity contribution in [3.8, 4) is 0 Å². The second-order valence-electron chi connectivity index (χ2n) is 7.25. The Morgan fingerprint density at radius 1 is 0.933 bits per heavy atom. The highest BCUT2D eigenvalue weighted by atomic mass is 16.5. The van der Waals surface area contributed by atoms with Gasteiger partial charge in [0, 0.05) is 17.8 Å². The maximum atomic E-state index is 12.7.